The zero-order chi connectivity index (χ0) is 98.5. The highest BCUT2D eigenvalue weighted by Gasteiger charge is 2.27. The van der Waals surface area contributed by atoms with E-state index in [1.165, 1.54) is 61.3 Å². The van der Waals surface area contributed by atoms with Gasteiger partial charge >= 0.3 is 47.8 Å². The molecule has 6 rings (SSSR count). The fourth-order valence-electron chi connectivity index (χ4n) is 15.1. The lowest BCUT2D eigenvalue weighted by molar-refractivity contribution is -0.139. The van der Waals surface area contributed by atoms with Crippen LogP contribution in [0.5, 0.6) is 34.5 Å². The van der Waals surface area contributed by atoms with Crippen molar-refractivity contribution in [1.82, 2.24) is 0 Å². The van der Waals surface area contributed by atoms with Gasteiger partial charge in [-0.05, 0) is 302 Å². The molecular formula is C117H158O16. The molecule has 0 heterocycles. The van der Waals surface area contributed by atoms with Crippen LogP contribution in [0.4, 0.5) is 0 Å². The van der Waals surface area contributed by atoms with Crippen molar-refractivity contribution >= 4 is 80.1 Å². The van der Waals surface area contributed by atoms with Crippen molar-refractivity contribution in [2.75, 3.05) is 0 Å². The number of carbonyl (C=O) groups excluding carboxylic acids is 6. The van der Waals surface area contributed by atoms with Crippen molar-refractivity contribution in [2.45, 2.75) is 364 Å². The minimum absolute atomic E-state index is 0.0478. The zero-order valence-electron chi connectivity index (χ0n) is 84.8. The number of ether oxygens (including phenoxy) is 6. The third-order valence-corrected chi connectivity index (χ3v) is 23.2. The van der Waals surface area contributed by atoms with E-state index in [0.717, 1.165) is 178 Å². The number of carboxylic acid groups (broad SMARTS) is 2. The Bertz CT molecular complexity index is 5280. The minimum Gasteiger partial charge on any atom is -0.481 e. The second kappa shape index (κ2) is 63.0. The Labute approximate surface area is 797 Å². The summed E-state index contributed by atoms with van der Waals surface area (Å²) in [4.78, 5) is 97.4. The average Bonchev–Trinajstić information content (AvgIpc) is 0.772. The number of aliphatic carboxylic acids is 2. The molecule has 16 heteroatoms. The van der Waals surface area contributed by atoms with Crippen LogP contribution in [0.25, 0.3) is 32.3 Å². The number of carboxylic acids is 2. The standard InChI is InChI=1S/C41H54O8.C39H54O4.C37H50O4/c1-28(2)14-9-15-29(3)16-10-17-30(4)18-11-19-31(5)26-27-33-32(6)40(48-38(46)24-12-22-36(42)43)34-20-7-8-21-35(34)41(33)49-39(47)25-13-23-37(44)45;1-9-16-36(40)42-38-32(8)33(39(43-37(41)17-10-2)35-25-12-11-24-34(35)38)27-26-31(7)23-15-22-30(6)21-14-20-29(5)19-13-18-28(3)4;1-9-34(38)40-36-30(8)31(37(41-35(39)10-2)33-23-12-11-22-32(33)36)25-24-29(7)21-15-20-28(6)19-14-18-27(5)17-13-16-26(3)4/h7-8,14,16,18,20-21,26H,9-13,15,17,19,22-25,27H2,1-6H3,(H,42,43)(H,44,45);11-12,18,20,22,24-26H,9-10,13-17,19,21,23,27H2,1-8H3;11-12,16,18,20,22-24H,9-10,13-15,17,19,21,25H2,1-8H3/b29-16+,30-18+,31-26+;29-20+,30-22+,31-26+;27-18+,28-20+,29-24+. The van der Waals surface area contributed by atoms with Crippen molar-refractivity contribution in [3.05, 3.63) is 246 Å². The highest BCUT2D eigenvalue weighted by atomic mass is 16.6. The summed E-state index contributed by atoms with van der Waals surface area (Å²) in [6, 6.07) is 22.5. The topological polar surface area (TPSA) is 232 Å². The summed E-state index contributed by atoms with van der Waals surface area (Å²) < 4.78 is 35.3. The number of esters is 6. The predicted molar refractivity (Wildman–Crippen MR) is 550 cm³/mol. The Morgan fingerprint density at radius 1 is 0.241 bits per heavy atom. The maximum atomic E-state index is 12.9. The van der Waals surface area contributed by atoms with E-state index in [0.29, 0.717) is 88.5 Å². The van der Waals surface area contributed by atoms with Gasteiger partial charge in [0.05, 0.1) is 0 Å². The summed E-state index contributed by atoms with van der Waals surface area (Å²) in [5.41, 5.74) is 21.2. The van der Waals surface area contributed by atoms with Crippen LogP contribution in [-0.2, 0) is 57.6 Å². The normalized spacial score (nSPS) is 12.3. The van der Waals surface area contributed by atoms with E-state index in [-0.39, 0.29) is 75.2 Å². The second-order valence-corrected chi connectivity index (χ2v) is 36.2. The van der Waals surface area contributed by atoms with Gasteiger partial charge in [-0.3, -0.25) is 38.4 Å². The largest absolute Gasteiger partial charge is 0.481 e. The van der Waals surface area contributed by atoms with Crippen LogP contribution >= 0.6 is 0 Å². The summed E-state index contributed by atoms with van der Waals surface area (Å²) in [5.74, 6) is -1.15. The maximum Gasteiger partial charge on any atom is 0.311 e. The molecule has 0 aliphatic heterocycles. The molecule has 0 atom stereocenters. The Kier molecular flexibility index (Phi) is 54.0. The van der Waals surface area contributed by atoms with Gasteiger partial charge in [0, 0.05) is 100 Å². The maximum absolute atomic E-state index is 12.9. The van der Waals surface area contributed by atoms with Crippen molar-refractivity contribution in [1.29, 1.82) is 0 Å². The number of allylic oxidation sites excluding steroid dienone is 24. The smallest absolute Gasteiger partial charge is 0.311 e. The molecule has 0 aromatic heterocycles. The molecule has 0 fully saturated rings. The molecule has 0 spiro atoms. The monoisotopic (exact) mass is 1820 g/mol. The molecule has 0 unspecified atom stereocenters. The number of hydrogen-bond donors (Lipinski definition) is 2. The van der Waals surface area contributed by atoms with Crippen LogP contribution in [0.2, 0.25) is 0 Å². The summed E-state index contributed by atoms with van der Waals surface area (Å²) in [5, 5.41) is 22.3. The van der Waals surface area contributed by atoms with E-state index >= 15 is 0 Å². The summed E-state index contributed by atoms with van der Waals surface area (Å²) in [6.45, 7) is 45.7. The van der Waals surface area contributed by atoms with Gasteiger partial charge < -0.3 is 38.6 Å². The Balaban J connectivity index is 0.000000419. The van der Waals surface area contributed by atoms with Crippen LogP contribution in [0.15, 0.2) is 213 Å². The SMILES string of the molecule is CC(C)=CCC/C(C)=C/CC/C(C)=C/CC/C(C)=C/Cc1c(C)c(OC(=O)CCCC(=O)O)c2ccccc2c1OC(=O)CCCC(=O)O.CCC(=O)Oc1c(C)c(C/C=C(\C)CC/C=C(\C)CC/C=C(\C)CCC=C(C)C)c(OC(=O)CC)c2ccccc12.CCCC(=O)Oc1c(C)c(C/C=C(\C)CC/C=C(\C)CC/C=C(\C)CCC=C(C)C)c(OC(=O)CCC)c2ccccc12. The van der Waals surface area contributed by atoms with Gasteiger partial charge in [-0.15, -0.1) is 0 Å². The molecule has 0 saturated heterocycles. The molecule has 16 nitrogen and oxygen atoms in total. The van der Waals surface area contributed by atoms with Gasteiger partial charge in [-0.25, -0.2) is 0 Å². The quantitative estimate of drug-likeness (QED) is 0.0205. The third kappa shape index (κ3) is 44.0. The number of benzene rings is 6. The van der Waals surface area contributed by atoms with E-state index in [4.69, 9.17) is 38.6 Å². The fraction of sp³-hybridized carbons (Fsp3) is 0.470. The van der Waals surface area contributed by atoms with E-state index in [2.05, 4.69) is 177 Å². The van der Waals surface area contributed by atoms with Crippen LogP contribution < -0.4 is 28.4 Å². The van der Waals surface area contributed by atoms with E-state index in [1.54, 1.807) is 38.1 Å². The Hall–Kier alpha value is -11.3. The molecule has 6 aromatic rings. The lowest BCUT2D eigenvalue weighted by Crippen LogP contribution is -2.14. The predicted octanol–water partition coefficient (Wildman–Crippen LogP) is 31.9. The van der Waals surface area contributed by atoms with Crippen LogP contribution in [0, 0.1) is 20.8 Å². The van der Waals surface area contributed by atoms with Crippen molar-refractivity contribution < 1.29 is 77.0 Å². The first-order valence-corrected chi connectivity index (χ1v) is 48.5. The Morgan fingerprint density at radius 3 is 0.639 bits per heavy atom. The number of hydrogen-bond acceptors (Lipinski definition) is 14. The van der Waals surface area contributed by atoms with Gasteiger partial charge in [-0.2, -0.15) is 0 Å². The average molecular weight is 1820 g/mol. The van der Waals surface area contributed by atoms with Gasteiger partial charge in [0.1, 0.15) is 34.5 Å². The summed E-state index contributed by atoms with van der Waals surface area (Å²) in [6.07, 6.45) is 50.5. The first kappa shape index (κ1) is 114. The lowest BCUT2D eigenvalue weighted by Gasteiger charge is -2.19. The van der Waals surface area contributed by atoms with Crippen molar-refractivity contribution in [3.63, 3.8) is 0 Å². The van der Waals surface area contributed by atoms with Crippen LogP contribution in [-0.4, -0.2) is 58.0 Å². The first-order chi connectivity index (χ1) is 63.4. The molecule has 133 heavy (non-hydrogen) atoms. The molecule has 0 radical (unpaired) electrons. The molecular weight excluding hydrogens is 1660 g/mol. The first-order valence-electron chi connectivity index (χ1n) is 48.5. The molecule has 0 bridgehead atoms. The molecule has 0 aliphatic carbocycles. The van der Waals surface area contributed by atoms with Crippen LogP contribution in [0.1, 0.15) is 358 Å². The van der Waals surface area contributed by atoms with Gasteiger partial charge in [-0.1, -0.05) is 240 Å². The van der Waals surface area contributed by atoms with E-state index < -0.39 is 23.9 Å². The molecule has 0 amide bonds. The zero-order valence-corrected chi connectivity index (χ0v) is 84.8. The molecule has 0 aliphatic rings. The van der Waals surface area contributed by atoms with Gasteiger partial charge in [0.2, 0.25) is 0 Å². The summed E-state index contributed by atoms with van der Waals surface area (Å²) >= 11 is 0. The van der Waals surface area contributed by atoms with Crippen molar-refractivity contribution in [2.24, 2.45) is 0 Å². The molecule has 722 valence electrons. The molecule has 6 aromatic carbocycles. The number of carbonyl (C=O) groups is 8. The van der Waals surface area contributed by atoms with E-state index in [1.807, 2.05) is 83.1 Å². The van der Waals surface area contributed by atoms with Crippen LogP contribution in [0.3, 0.4) is 0 Å². The fourth-order valence-corrected chi connectivity index (χ4v) is 15.1. The van der Waals surface area contributed by atoms with E-state index in [9.17, 15) is 38.4 Å². The van der Waals surface area contributed by atoms with Gasteiger partial charge in [0.25, 0.3) is 0 Å². The van der Waals surface area contributed by atoms with Gasteiger partial charge in [0.15, 0.2) is 0 Å². The molecule has 0 saturated carbocycles. The summed E-state index contributed by atoms with van der Waals surface area (Å²) in [7, 11) is 0. The highest BCUT2D eigenvalue weighted by Crippen LogP contribution is 2.45. The second-order valence-electron chi connectivity index (χ2n) is 36.2. The van der Waals surface area contributed by atoms with Crippen molar-refractivity contribution in [3.8, 4) is 34.5 Å². The Morgan fingerprint density at radius 2 is 0.429 bits per heavy atom. The third-order valence-electron chi connectivity index (χ3n) is 23.2. The highest BCUT2D eigenvalue weighted by molar-refractivity contribution is 6.01. The lowest BCUT2D eigenvalue weighted by atomic mass is 9.95. The number of rotatable bonds is 53. The number of fused-ring (bicyclic) bond motifs is 3. The molecule has 2 N–H and O–H groups in total. The minimum atomic E-state index is -0.979.